The van der Waals surface area contributed by atoms with Crippen LogP contribution in [0, 0.1) is 0 Å². The van der Waals surface area contributed by atoms with Crippen LogP contribution in [0.25, 0.3) is 0 Å². The Morgan fingerprint density at radius 3 is 2.93 bits per heavy atom. The number of likely N-dealkylation sites (tertiary alicyclic amines) is 1. The van der Waals surface area contributed by atoms with Crippen LogP contribution in [0.2, 0.25) is 0 Å². The van der Waals surface area contributed by atoms with E-state index in [4.69, 9.17) is 0 Å². The second-order valence-electron chi connectivity index (χ2n) is 4.51. The molecule has 2 rings (SSSR count). The Morgan fingerprint density at radius 1 is 1.67 bits per heavy atom. The molecular weight excluding hydrogens is 192 g/mol. The van der Waals surface area contributed by atoms with Crippen molar-refractivity contribution >= 4 is 5.97 Å². The standard InChI is InChI=1S/C11H18N2O2/c1-2-6-12-11(10(14)15)5-7-13(8-11)9-3-4-9/h2,9,12H,1,3-8H2,(H,14,15). The lowest BCUT2D eigenvalue weighted by atomic mass is 9.99. The summed E-state index contributed by atoms with van der Waals surface area (Å²) in [5.74, 6) is -0.729. The van der Waals surface area contributed by atoms with Crippen molar-refractivity contribution in [1.82, 2.24) is 10.2 Å². The van der Waals surface area contributed by atoms with Crippen LogP contribution in [0.3, 0.4) is 0 Å². The first kappa shape index (κ1) is 10.6. The van der Waals surface area contributed by atoms with E-state index in [9.17, 15) is 9.90 Å². The summed E-state index contributed by atoms with van der Waals surface area (Å²) in [5, 5.41) is 12.4. The molecule has 2 aliphatic rings. The van der Waals surface area contributed by atoms with Crippen LogP contribution < -0.4 is 5.32 Å². The molecule has 4 nitrogen and oxygen atoms in total. The maximum absolute atomic E-state index is 11.3. The molecule has 2 N–H and O–H groups in total. The van der Waals surface area contributed by atoms with Gasteiger partial charge in [-0.3, -0.25) is 15.0 Å². The molecule has 15 heavy (non-hydrogen) atoms. The fraction of sp³-hybridized carbons (Fsp3) is 0.727. The summed E-state index contributed by atoms with van der Waals surface area (Å²) in [6.45, 7) is 5.71. The van der Waals surface area contributed by atoms with E-state index in [1.165, 1.54) is 12.8 Å². The summed E-state index contributed by atoms with van der Waals surface area (Å²) in [6.07, 6.45) is 4.88. The Morgan fingerprint density at radius 2 is 2.40 bits per heavy atom. The average molecular weight is 210 g/mol. The summed E-state index contributed by atoms with van der Waals surface area (Å²) >= 11 is 0. The molecule has 0 radical (unpaired) electrons. The fourth-order valence-corrected chi connectivity index (χ4v) is 2.25. The number of nitrogens with zero attached hydrogens (tertiary/aromatic N) is 1. The fourth-order valence-electron chi connectivity index (χ4n) is 2.25. The number of carbonyl (C=O) groups is 1. The molecule has 4 heteroatoms. The van der Waals surface area contributed by atoms with Gasteiger partial charge in [-0.15, -0.1) is 6.58 Å². The molecular formula is C11H18N2O2. The van der Waals surface area contributed by atoms with Crippen molar-refractivity contribution < 1.29 is 9.90 Å². The van der Waals surface area contributed by atoms with Gasteiger partial charge in [-0.1, -0.05) is 6.08 Å². The number of rotatable bonds is 5. The molecule has 0 amide bonds. The average Bonchev–Trinajstić information content (AvgIpc) is 2.97. The van der Waals surface area contributed by atoms with Crippen LogP contribution in [0.5, 0.6) is 0 Å². The molecule has 0 aromatic carbocycles. The molecule has 0 spiro atoms. The Hall–Kier alpha value is -0.870. The minimum Gasteiger partial charge on any atom is -0.480 e. The lowest BCUT2D eigenvalue weighted by molar-refractivity contribution is -0.144. The first-order valence-electron chi connectivity index (χ1n) is 5.51. The highest BCUT2D eigenvalue weighted by Crippen LogP contribution is 2.33. The van der Waals surface area contributed by atoms with Crippen molar-refractivity contribution in [1.29, 1.82) is 0 Å². The first-order valence-corrected chi connectivity index (χ1v) is 5.51. The van der Waals surface area contributed by atoms with Crippen molar-refractivity contribution in [2.75, 3.05) is 19.6 Å². The Balaban J connectivity index is 2.00. The zero-order valence-corrected chi connectivity index (χ0v) is 8.91. The molecule has 2 fully saturated rings. The van der Waals surface area contributed by atoms with Gasteiger partial charge in [0.1, 0.15) is 5.54 Å². The smallest absolute Gasteiger partial charge is 0.325 e. The van der Waals surface area contributed by atoms with Crippen molar-refractivity contribution in [3.8, 4) is 0 Å². The summed E-state index contributed by atoms with van der Waals surface area (Å²) in [4.78, 5) is 13.6. The monoisotopic (exact) mass is 210 g/mol. The van der Waals surface area contributed by atoms with Gasteiger partial charge in [-0.2, -0.15) is 0 Å². The molecule has 0 aromatic rings. The van der Waals surface area contributed by atoms with Crippen LogP contribution in [-0.2, 0) is 4.79 Å². The third-order valence-corrected chi connectivity index (χ3v) is 3.36. The van der Waals surface area contributed by atoms with E-state index in [2.05, 4.69) is 16.8 Å². The molecule has 1 saturated carbocycles. The topological polar surface area (TPSA) is 52.6 Å². The van der Waals surface area contributed by atoms with Gasteiger partial charge in [0.2, 0.25) is 0 Å². The molecule has 1 saturated heterocycles. The number of aliphatic carboxylic acids is 1. The van der Waals surface area contributed by atoms with E-state index in [1.54, 1.807) is 6.08 Å². The van der Waals surface area contributed by atoms with Gasteiger partial charge in [0.15, 0.2) is 0 Å². The van der Waals surface area contributed by atoms with E-state index in [-0.39, 0.29) is 0 Å². The predicted octanol–water partition coefficient (Wildman–Crippen LogP) is 0.453. The van der Waals surface area contributed by atoms with E-state index in [0.29, 0.717) is 25.6 Å². The maximum Gasteiger partial charge on any atom is 0.325 e. The third kappa shape index (κ3) is 2.06. The van der Waals surface area contributed by atoms with E-state index < -0.39 is 11.5 Å². The molecule has 1 aliphatic heterocycles. The highest BCUT2D eigenvalue weighted by atomic mass is 16.4. The van der Waals surface area contributed by atoms with Crippen molar-refractivity contribution in [2.45, 2.75) is 30.8 Å². The number of nitrogens with one attached hydrogen (secondary N) is 1. The summed E-state index contributed by atoms with van der Waals surface area (Å²) < 4.78 is 0. The van der Waals surface area contributed by atoms with Crippen LogP contribution >= 0.6 is 0 Å². The van der Waals surface area contributed by atoms with Crippen molar-refractivity contribution in [3.63, 3.8) is 0 Å². The SMILES string of the molecule is C=CCNC1(C(=O)O)CCN(C2CC2)C1. The van der Waals surface area contributed by atoms with E-state index >= 15 is 0 Å². The Kier molecular flexibility index (Phi) is 2.80. The zero-order valence-electron chi connectivity index (χ0n) is 8.91. The lowest BCUT2D eigenvalue weighted by Gasteiger charge is -2.25. The molecule has 1 aliphatic carbocycles. The lowest BCUT2D eigenvalue weighted by Crippen LogP contribution is -2.54. The number of hydrogen-bond donors (Lipinski definition) is 2. The minimum absolute atomic E-state index is 0.560. The second kappa shape index (κ2) is 3.94. The number of hydrogen-bond acceptors (Lipinski definition) is 3. The summed E-state index contributed by atoms with van der Waals surface area (Å²) in [5.41, 5.74) is -0.739. The number of carboxylic acid groups (broad SMARTS) is 1. The first-order chi connectivity index (χ1) is 7.18. The second-order valence-corrected chi connectivity index (χ2v) is 4.51. The maximum atomic E-state index is 11.3. The van der Waals surface area contributed by atoms with Crippen molar-refractivity contribution in [3.05, 3.63) is 12.7 Å². The van der Waals surface area contributed by atoms with Gasteiger partial charge >= 0.3 is 5.97 Å². The third-order valence-electron chi connectivity index (χ3n) is 3.36. The van der Waals surface area contributed by atoms with Gasteiger partial charge in [-0.05, 0) is 19.3 Å². The molecule has 84 valence electrons. The molecule has 1 atom stereocenters. The molecule has 0 aromatic heterocycles. The van der Waals surface area contributed by atoms with Gasteiger partial charge in [-0.25, -0.2) is 0 Å². The predicted molar refractivity (Wildman–Crippen MR) is 57.8 cm³/mol. The largest absolute Gasteiger partial charge is 0.480 e. The van der Waals surface area contributed by atoms with Crippen LogP contribution in [-0.4, -0.2) is 47.2 Å². The Bertz CT molecular complexity index is 276. The van der Waals surface area contributed by atoms with Crippen LogP contribution in [0.1, 0.15) is 19.3 Å². The van der Waals surface area contributed by atoms with Gasteiger partial charge < -0.3 is 5.11 Å². The van der Waals surface area contributed by atoms with Gasteiger partial charge in [0, 0.05) is 25.7 Å². The minimum atomic E-state index is -0.739. The summed E-state index contributed by atoms with van der Waals surface area (Å²) in [6, 6.07) is 0.650. The van der Waals surface area contributed by atoms with E-state index in [0.717, 1.165) is 6.54 Å². The zero-order chi connectivity index (χ0) is 10.9. The van der Waals surface area contributed by atoms with E-state index in [1.807, 2.05) is 0 Å². The highest BCUT2D eigenvalue weighted by Gasteiger charge is 2.47. The molecule has 1 unspecified atom stereocenters. The molecule has 0 bridgehead atoms. The van der Waals surface area contributed by atoms with Gasteiger partial charge in [0.05, 0.1) is 0 Å². The van der Waals surface area contributed by atoms with Gasteiger partial charge in [0.25, 0.3) is 0 Å². The highest BCUT2D eigenvalue weighted by molar-refractivity contribution is 5.79. The van der Waals surface area contributed by atoms with Crippen LogP contribution in [0.4, 0.5) is 0 Å². The summed E-state index contributed by atoms with van der Waals surface area (Å²) in [7, 11) is 0. The quantitative estimate of drug-likeness (QED) is 0.647. The Labute approximate surface area is 90.0 Å². The normalized spacial score (nSPS) is 31.7. The molecule has 1 heterocycles. The van der Waals surface area contributed by atoms with Crippen LogP contribution in [0.15, 0.2) is 12.7 Å². The van der Waals surface area contributed by atoms with Crippen molar-refractivity contribution in [2.24, 2.45) is 0 Å². The number of carboxylic acids is 1.